The number of nitrogens with one attached hydrogen (secondary N) is 1. The Morgan fingerprint density at radius 2 is 1.91 bits per heavy atom. The Hall–Kier alpha value is -1.34. The molecule has 5 nitrogen and oxygen atoms in total. The molecule has 1 aliphatic heterocycles. The Morgan fingerprint density at radius 3 is 2.45 bits per heavy atom. The van der Waals surface area contributed by atoms with Crippen LogP contribution in [0, 0.1) is 0 Å². The summed E-state index contributed by atoms with van der Waals surface area (Å²) in [5, 5.41) is 2.38. The lowest BCUT2D eigenvalue weighted by Crippen LogP contribution is -2.30. The Balaban J connectivity index is 2.44. The second-order valence-electron chi connectivity index (χ2n) is 5.81. The maximum atomic E-state index is 12.5. The molecule has 0 amide bonds. The number of sulfone groups is 1. The molecule has 0 saturated carbocycles. The molecule has 1 aromatic rings. The van der Waals surface area contributed by atoms with Gasteiger partial charge in [0, 0.05) is 18.8 Å². The number of nitrogens with two attached hydrogens (primary N) is 1. The number of anilines is 2. The summed E-state index contributed by atoms with van der Waals surface area (Å²) in [5.41, 5.74) is 7.02. The lowest BCUT2D eigenvalue weighted by molar-refractivity contribution is 0.577. The Kier molecular flexibility index (Phi) is 5.28. The summed E-state index contributed by atoms with van der Waals surface area (Å²) in [6, 6.07) is 5.35. The molecule has 0 atom stereocenters. The number of benzene rings is 1. The topological polar surface area (TPSA) is 75.4 Å². The highest BCUT2D eigenvalue weighted by Gasteiger charge is 2.24. The number of rotatable bonds is 4. The standard InChI is InChI=1S/C15H23N3O2S2/c1-11(2)22(19,20)14-7-6-12(10-13(14)17-15(16)21)18-8-4-3-5-9-18/h6-7,10-11H,3-5,8-9H2,1-2H3,(H3,16,17,21). The van der Waals surface area contributed by atoms with Crippen molar-refractivity contribution in [3.8, 4) is 0 Å². The maximum Gasteiger partial charge on any atom is 0.182 e. The fourth-order valence-electron chi connectivity index (χ4n) is 2.60. The third kappa shape index (κ3) is 3.70. The van der Waals surface area contributed by atoms with Crippen molar-refractivity contribution in [1.82, 2.24) is 0 Å². The van der Waals surface area contributed by atoms with Crippen LogP contribution in [-0.2, 0) is 9.84 Å². The fourth-order valence-corrected chi connectivity index (χ4v) is 3.89. The molecule has 0 aromatic heterocycles. The van der Waals surface area contributed by atoms with Crippen molar-refractivity contribution in [3.05, 3.63) is 18.2 Å². The minimum absolute atomic E-state index is 0.0657. The number of nitrogens with zero attached hydrogens (tertiary/aromatic N) is 1. The largest absolute Gasteiger partial charge is 0.376 e. The van der Waals surface area contributed by atoms with Gasteiger partial charge in [0.2, 0.25) is 0 Å². The summed E-state index contributed by atoms with van der Waals surface area (Å²) in [4.78, 5) is 2.51. The molecule has 1 saturated heterocycles. The highest BCUT2D eigenvalue weighted by Crippen LogP contribution is 2.31. The van der Waals surface area contributed by atoms with Crippen LogP contribution in [-0.4, -0.2) is 31.9 Å². The lowest BCUT2D eigenvalue weighted by atomic mass is 10.1. The summed E-state index contributed by atoms with van der Waals surface area (Å²) < 4.78 is 25.0. The molecule has 1 fully saturated rings. The molecule has 1 heterocycles. The van der Waals surface area contributed by atoms with Crippen LogP contribution in [0.4, 0.5) is 11.4 Å². The van der Waals surface area contributed by atoms with Crippen LogP contribution in [0.25, 0.3) is 0 Å². The van der Waals surface area contributed by atoms with E-state index in [1.54, 1.807) is 19.9 Å². The highest BCUT2D eigenvalue weighted by molar-refractivity contribution is 7.92. The van der Waals surface area contributed by atoms with Crippen molar-refractivity contribution in [1.29, 1.82) is 0 Å². The van der Waals surface area contributed by atoms with Crippen molar-refractivity contribution in [2.75, 3.05) is 23.3 Å². The van der Waals surface area contributed by atoms with Crippen molar-refractivity contribution >= 4 is 38.5 Å². The number of thiocarbonyl (C=S) groups is 1. The third-order valence-corrected chi connectivity index (χ3v) is 6.18. The van der Waals surface area contributed by atoms with Gasteiger partial charge >= 0.3 is 0 Å². The van der Waals surface area contributed by atoms with Crippen LogP contribution in [0.1, 0.15) is 33.1 Å². The molecule has 0 radical (unpaired) electrons. The van der Waals surface area contributed by atoms with Gasteiger partial charge in [-0.1, -0.05) is 0 Å². The Morgan fingerprint density at radius 1 is 1.27 bits per heavy atom. The first-order chi connectivity index (χ1) is 10.3. The molecule has 7 heteroatoms. The van der Waals surface area contributed by atoms with E-state index in [1.165, 1.54) is 6.42 Å². The highest BCUT2D eigenvalue weighted by atomic mass is 32.2. The van der Waals surface area contributed by atoms with E-state index in [0.29, 0.717) is 5.69 Å². The minimum atomic E-state index is -3.40. The summed E-state index contributed by atoms with van der Waals surface area (Å²) in [5.74, 6) is 0. The maximum absolute atomic E-state index is 12.5. The average molecular weight is 342 g/mol. The van der Waals surface area contributed by atoms with Gasteiger partial charge in [-0.2, -0.15) is 0 Å². The van der Waals surface area contributed by atoms with Crippen LogP contribution < -0.4 is 16.0 Å². The molecule has 22 heavy (non-hydrogen) atoms. The van der Waals surface area contributed by atoms with Crippen LogP contribution >= 0.6 is 12.2 Å². The average Bonchev–Trinajstić information content (AvgIpc) is 2.47. The zero-order valence-corrected chi connectivity index (χ0v) is 14.6. The molecule has 0 spiro atoms. The minimum Gasteiger partial charge on any atom is -0.376 e. The van der Waals surface area contributed by atoms with Crippen LogP contribution in [0.5, 0.6) is 0 Å². The first-order valence-electron chi connectivity index (χ1n) is 7.51. The fraction of sp³-hybridized carbons (Fsp3) is 0.533. The monoisotopic (exact) mass is 341 g/mol. The van der Waals surface area contributed by atoms with Gasteiger partial charge in [-0.3, -0.25) is 0 Å². The van der Waals surface area contributed by atoms with Gasteiger partial charge in [0.05, 0.1) is 15.8 Å². The predicted octanol–water partition coefficient (Wildman–Crippen LogP) is 2.51. The van der Waals surface area contributed by atoms with E-state index in [-0.39, 0.29) is 10.0 Å². The van der Waals surface area contributed by atoms with E-state index in [2.05, 4.69) is 10.2 Å². The van der Waals surface area contributed by atoms with E-state index in [0.717, 1.165) is 31.6 Å². The summed E-state index contributed by atoms with van der Waals surface area (Å²) in [6.07, 6.45) is 3.56. The van der Waals surface area contributed by atoms with E-state index in [1.807, 2.05) is 12.1 Å². The van der Waals surface area contributed by atoms with Gasteiger partial charge in [-0.05, 0) is 63.5 Å². The summed E-state index contributed by atoms with van der Waals surface area (Å²) in [6.45, 7) is 5.31. The van der Waals surface area contributed by atoms with E-state index in [4.69, 9.17) is 18.0 Å². The zero-order chi connectivity index (χ0) is 16.3. The first kappa shape index (κ1) is 17.0. The SMILES string of the molecule is CC(C)S(=O)(=O)c1ccc(N2CCCCC2)cc1NC(N)=S. The van der Waals surface area contributed by atoms with E-state index >= 15 is 0 Å². The molecule has 0 aliphatic carbocycles. The van der Waals surface area contributed by atoms with Crippen LogP contribution in [0.15, 0.2) is 23.1 Å². The van der Waals surface area contributed by atoms with Crippen LogP contribution in [0.3, 0.4) is 0 Å². The molecule has 0 bridgehead atoms. The molecular formula is C15H23N3O2S2. The molecule has 2 rings (SSSR count). The lowest BCUT2D eigenvalue weighted by Gasteiger charge is -2.29. The van der Waals surface area contributed by atoms with Crippen molar-refractivity contribution in [2.45, 2.75) is 43.3 Å². The van der Waals surface area contributed by atoms with Gasteiger partial charge in [0.15, 0.2) is 14.9 Å². The second kappa shape index (κ2) is 6.83. The van der Waals surface area contributed by atoms with E-state index in [9.17, 15) is 8.42 Å². The smallest absolute Gasteiger partial charge is 0.182 e. The van der Waals surface area contributed by atoms with Crippen LogP contribution in [0.2, 0.25) is 0 Å². The third-order valence-electron chi connectivity index (χ3n) is 3.87. The van der Waals surface area contributed by atoms with Crippen molar-refractivity contribution in [3.63, 3.8) is 0 Å². The second-order valence-corrected chi connectivity index (χ2v) is 8.72. The van der Waals surface area contributed by atoms with Gasteiger partial charge in [-0.25, -0.2) is 8.42 Å². The summed E-state index contributed by atoms with van der Waals surface area (Å²) >= 11 is 4.88. The Labute approximate surface area is 137 Å². The molecule has 1 aromatic carbocycles. The molecule has 0 unspecified atom stereocenters. The number of hydrogen-bond donors (Lipinski definition) is 2. The quantitative estimate of drug-likeness (QED) is 0.820. The van der Waals surface area contributed by atoms with E-state index < -0.39 is 15.1 Å². The van der Waals surface area contributed by atoms with Gasteiger partial charge in [0.25, 0.3) is 0 Å². The molecule has 122 valence electrons. The van der Waals surface area contributed by atoms with Crippen molar-refractivity contribution < 1.29 is 8.42 Å². The van der Waals surface area contributed by atoms with Gasteiger partial charge in [-0.15, -0.1) is 0 Å². The molecule has 1 aliphatic rings. The molecule has 3 N–H and O–H groups in total. The summed E-state index contributed by atoms with van der Waals surface area (Å²) in [7, 11) is -3.40. The first-order valence-corrected chi connectivity index (χ1v) is 9.47. The van der Waals surface area contributed by atoms with Gasteiger partial charge in [0.1, 0.15) is 0 Å². The van der Waals surface area contributed by atoms with Crippen molar-refractivity contribution in [2.24, 2.45) is 5.73 Å². The molecular weight excluding hydrogens is 318 g/mol. The normalized spacial score (nSPS) is 15.9. The zero-order valence-electron chi connectivity index (χ0n) is 13.0. The Bertz CT molecular complexity index is 651. The predicted molar refractivity (Wildman–Crippen MR) is 95.2 cm³/mol. The number of hydrogen-bond acceptors (Lipinski definition) is 4. The van der Waals surface area contributed by atoms with Gasteiger partial charge < -0.3 is 16.0 Å². The number of piperidine rings is 1.